The lowest BCUT2D eigenvalue weighted by Gasteiger charge is -2.13. The van der Waals surface area contributed by atoms with E-state index in [1.54, 1.807) is 0 Å². The first-order valence-corrected chi connectivity index (χ1v) is 7.39. The Morgan fingerprint density at radius 2 is 1.86 bits per heavy atom. The van der Waals surface area contributed by atoms with Gasteiger partial charge in [-0.1, -0.05) is 42.5 Å². The lowest BCUT2D eigenvalue weighted by atomic mass is 9.99. The van der Waals surface area contributed by atoms with Crippen molar-refractivity contribution in [1.82, 2.24) is 4.37 Å². The molecule has 2 N–H and O–H groups in total. The Bertz CT molecular complexity index is 755. The molecule has 21 heavy (non-hydrogen) atoms. The number of nitrogens with zero attached hydrogens (tertiary/aromatic N) is 1. The Kier molecular flexibility index (Phi) is 3.83. The number of benzene rings is 2. The van der Waals surface area contributed by atoms with Crippen LogP contribution in [0.15, 0.2) is 54.6 Å². The van der Waals surface area contributed by atoms with Crippen molar-refractivity contribution >= 4 is 33.4 Å². The summed E-state index contributed by atoms with van der Waals surface area (Å²) in [6, 6.07) is 17.1. The van der Waals surface area contributed by atoms with E-state index in [1.165, 1.54) is 11.5 Å². The number of carbonyl (C=O) groups is 1. The molecule has 0 bridgehead atoms. The van der Waals surface area contributed by atoms with Crippen LogP contribution < -0.4 is 5.32 Å². The number of carboxylic acids is 1. The van der Waals surface area contributed by atoms with Crippen LogP contribution in [-0.4, -0.2) is 22.0 Å². The molecule has 0 saturated heterocycles. The standard InChI is InChI=1S/C16H14N2O2S/c19-16(20)13(11-6-2-1-3-7-11)10-17-15-12-8-4-5-9-14(12)18-21-15/h1-9,13,17H,10H2,(H,19,20). The molecule has 0 spiro atoms. The van der Waals surface area contributed by atoms with Crippen molar-refractivity contribution in [2.75, 3.05) is 11.9 Å². The molecule has 0 aliphatic carbocycles. The summed E-state index contributed by atoms with van der Waals surface area (Å²) in [6.45, 7) is 0.339. The van der Waals surface area contributed by atoms with Gasteiger partial charge in [-0.2, -0.15) is 4.37 Å². The Balaban J connectivity index is 1.80. The Morgan fingerprint density at radius 1 is 1.14 bits per heavy atom. The average Bonchev–Trinajstić information content (AvgIpc) is 2.92. The van der Waals surface area contributed by atoms with Crippen LogP contribution in [0.5, 0.6) is 0 Å². The Morgan fingerprint density at radius 3 is 2.62 bits per heavy atom. The zero-order chi connectivity index (χ0) is 14.7. The molecule has 3 aromatic rings. The molecule has 4 nitrogen and oxygen atoms in total. The first kappa shape index (κ1) is 13.6. The summed E-state index contributed by atoms with van der Waals surface area (Å²) in [5.74, 6) is -1.41. The molecule has 0 fully saturated rings. The number of hydrogen-bond acceptors (Lipinski definition) is 4. The maximum Gasteiger partial charge on any atom is 0.312 e. The number of hydrogen-bond donors (Lipinski definition) is 2. The monoisotopic (exact) mass is 298 g/mol. The van der Waals surface area contributed by atoms with Gasteiger partial charge in [-0.3, -0.25) is 4.79 Å². The van der Waals surface area contributed by atoms with Crippen LogP contribution in [0.3, 0.4) is 0 Å². The number of nitrogens with one attached hydrogen (secondary N) is 1. The molecule has 0 saturated carbocycles. The molecule has 5 heteroatoms. The van der Waals surface area contributed by atoms with E-state index in [-0.39, 0.29) is 0 Å². The van der Waals surface area contributed by atoms with E-state index in [0.717, 1.165) is 21.5 Å². The van der Waals surface area contributed by atoms with Gasteiger partial charge >= 0.3 is 5.97 Å². The van der Waals surface area contributed by atoms with Gasteiger partial charge in [0.25, 0.3) is 0 Å². The van der Waals surface area contributed by atoms with Crippen molar-refractivity contribution in [3.8, 4) is 0 Å². The summed E-state index contributed by atoms with van der Waals surface area (Å²) in [4.78, 5) is 11.5. The van der Waals surface area contributed by atoms with Gasteiger partial charge in [-0.25, -0.2) is 0 Å². The third-order valence-corrected chi connectivity index (χ3v) is 4.19. The van der Waals surface area contributed by atoms with Gasteiger partial charge in [0.1, 0.15) is 5.00 Å². The van der Waals surface area contributed by atoms with E-state index >= 15 is 0 Å². The molecule has 0 aliphatic rings. The number of rotatable bonds is 5. The summed E-state index contributed by atoms with van der Waals surface area (Å²) >= 11 is 1.36. The molecular formula is C16H14N2O2S. The fraction of sp³-hybridized carbons (Fsp3) is 0.125. The Hall–Kier alpha value is -2.40. The lowest BCUT2D eigenvalue weighted by molar-refractivity contribution is -0.138. The number of aliphatic carboxylic acids is 1. The van der Waals surface area contributed by atoms with E-state index in [4.69, 9.17) is 0 Å². The average molecular weight is 298 g/mol. The van der Waals surface area contributed by atoms with Crippen LogP contribution in [0.25, 0.3) is 10.9 Å². The highest BCUT2D eigenvalue weighted by molar-refractivity contribution is 7.11. The van der Waals surface area contributed by atoms with Crippen molar-refractivity contribution in [3.05, 3.63) is 60.2 Å². The predicted octanol–water partition coefficient (Wildman–Crippen LogP) is 3.58. The molecule has 3 rings (SSSR count). The van der Waals surface area contributed by atoms with Gasteiger partial charge in [0.2, 0.25) is 0 Å². The number of carboxylic acid groups (broad SMARTS) is 1. The minimum Gasteiger partial charge on any atom is -0.481 e. The number of anilines is 1. The molecule has 1 unspecified atom stereocenters. The predicted molar refractivity (Wildman–Crippen MR) is 84.9 cm³/mol. The minimum atomic E-state index is -0.831. The van der Waals surface area contributed by atoms with E-state index in [9.17, 15) is 9.90 Å². The fourth-order valence-electron chi connectivity index (χ4n) is 2.24. The van der Waals surface area contributed by atoms with E-state index in [2.05, 4.69) is 9.69 Å². The normalized spacial score (nSPS) is 12.2. The summed E-state index contributed by atoms with van der Waals surface area (Å²) in [5.41, 5.74) is 1.72. The molecule has 2 aromatic carbocycles. The topological polar surface area (TPSA) is 62.2 Å². The van der Waals surface area contributed by atoms with Crippen molar-refractivity contribution in [2.24, 2.45) is 0 Å². The van der Waals surface area contributed by atoms with E-state index in [0.29, 0.717) is 6.54 Å². The van der Waals surface area contributed by atoms with E-state index < -0.39 is 11.9 Å². The maximum absolute atomic E-state index is 11.5. The minimum absolute atomic E-state index is 0.339. The lowest BCUT2D eigenvalue weighted by Crippen LogP contribution is -2.20. The van der Waals surface area contributed by atoms with Crippen molar-refractivity contribution in [2.45, 2.75) is 5.92 Å². The number of fused-ring (bicyclic) bond motifs is 1. The molecule has 0 amide bonds. The second kappa shape index (κ2) is 5.93. The first-order valence-electron chi connectivity index (χ1n) is 6.62. The van der Waals surface area contributed by atoms with Crippen molar-refractivity contribution in [1.29, 1.82) is 0 Å². The van der Waals surface area contributed by atoms with Crippen LogP contribution in [-0.2, 0) is 4.79 Å². The quantitative estimate of drug-likeness (QED) is 0.756. The molecule has 106 valence electrons. The van der Waals surface area contributed by atoms with Gasteiger partial charge in [0, 0.05) is 11.9 Å². The summed E-state index contributed by atoms with van der Waals surface area (Å²) in [6.07, 6.45) is 0. The Labute approximate surface area is 126 Å². The largest absolute Gasteiger partial charge is 0.481 e. The third-order valence-electron chi connectivity index (χ3n) is 3.35. The summed E-state index contributed by atoms with van der Waals surface area (Å²) in [7, 11) is 0. The van der Waals surface area contributed by atoms with Gasteiger partial charge < -0.3 is 10.4 Å². The molecule has 1 heterocycles. The maximum atomic E-state index is 11.5. The van der Waals surface area contributed by atoms with Crippen LogP contribution in [0.4, 0.5) is 5.00 Å². The molecule has 1 aromatic heterocycles. The zero-order valence-corrected chi connectivity index (χ0v) is 12.0. The summed E-state index contributed by atoms with van der Waals surface area (Å²) in [5, 5.41) is 14.6. The molecule has 1 atom stereocenters. The van der Waals surface area contributed by atoms with Crippen LogP contribution >= 0.6 is 11.5 Å². The van der Waals surface area contributed by atoms with Gasteiger partial charge in [-0.15, -0.1) is 0 Å². The molecular weight excluding hydrogens is 284 g/mol. The van der Waals surface area contributed by atoms with E-state index in [1.807, 2.05) is 54.6 Å². The second-order valence-electron chi connectivity index (χ2n) is 4.71. The highest BCUT2D eigenvalue weighted by Gasteiger charge is 2.20. The summed E-state index contributed by atoms with van der Waals surface area (Å²) < 4.78 is 4.35. The highest BCUT2D eigenvalue weighted by Crippen LogP contribution is 2.28. The molecule has 0 aliphatic heterocycles. The van der Waals surface area contributed by atoms with Gasteiger partial charge in [0.05, 0.1) is 11.4 Å². The van der Waals surface area contributed by atoms with Crippen LogP contribution in [0.1, 0.15) is 11.5 Å². The fourth-order valence-corrected chi connectivity index (χ4v) is 3.01. The van der Waals surface area contributed by atoms with Crippen LogP contribution in [0.2, 0.25) is 0 Å². The smallest absolute Gasteiger partial charge is 0.312 e. The van der Waals surface area contributed by atoms with Crippen molar-refractivity contribution in [3.63, 3.8) is 0 Å². The molecule has 0 radical (unpaired) electrons. The number of aromatic nitrogens is 1. The van der Waals surface area contributed by atoms with Gasteiger partial charge in [0.15, 0.2) is 0 Å². The SMILES string of the molecule is O=C(O)C(CNc1snc2ccccc12)c1ccccc1. The van der Waals surface area contributed by atoms with Crippen LogP contribution in [0, 0.1) is 0 Å². The third kappa shape index (κ3) is 2.87. The first-order chi connectivity index (χ1) is 10.3. The highest BCUT2D eigenvalue weighted by atomic mass is 32.1. The zero-order valence-electron chi connectivity index (χ0n) is 11.2. The van der Waals surface area contributed by atoms with Gasteiger partial charge in [-0.05, 0) is 29.2 Å². The second-order valence-corrected chi connectivity index (χ2v) is 5.48. The van der Waals surface area contributed by atoms with Crippen molar-refractivity contribution < 1.29 is 9.90 Å².